The number of nitrogens with one attached hydrogen (secondary N) is 4. The van der Waals surface area contributed by atoms with Crippen LogP contribution >= 0.6 is 24.0 Å². The number of rotatable bonds is 4. The minimum atomic E-state index is -0.810. The number of urea groups is 1. The van der Waals surface area contributed by atoms with E-state index in [0.717, 1.165) is 50.4 Å². The SMILES string of the molecule is CN=C(NCCc1c[nH]c2ccccc12)N1CCC(C2(C)NC(=O)NC2=O)CC1.I. The van der Waals surface area contributed by atoms with E-state index in [2.05, 4.69) is 55.2 Å². The van der Waals surface area contributed by atoms with Crippen molar-refractivity contribution in [3.05, 3.63) is 36.0 Å². The fraction of sp³-hybridized carbons (Fsp3) is 0.476. The molecule has 2 aliphatic rings. The van der Waals surface area contributed by atoms with E-state index in [1.165, 1.54) is 10.9 Å². The van der Waals surface area contributed by atoms with E-state index >= 15 is 0 Å². The number of piperidine rings is 1. The van der Waals surface area contributed by atoms with Gasteiger partial charge in [-0.3, -0.25) is 15.1 Å². The highest BCUT2D eigenvalue weighted by molar-refractivity contribution is 14.0. The summed E-state index contributed by atoms with van der Waals surface area (Å²) >= 11 is 0. The Morgan fingerprint density at radius 2 is 2.00 bits per heavy atom. The highest BCUT2D eigenvalue weighted by Crippen LogP contribution is 2.30. The summed E-state index contributed by atoms with van der Waals surface area (Å²) in [5.41, 5.74) is 1.64. The average Bonchev–Trinajstić information content (AvgIpc) is 3.26. The molecule has 8 nitrogen and oxygen atoms in total. The molecule has 2 fully saturated rings. The van der Waals surface area contributed by atoms with Crippen LogP contribution in [0.3, 0.4) is 0 Å². The average molecular weight is 524 g/mol. The van der Waals surface area contributed by atoms with Gasteiger partial charge in [-0.2, -0.15) is 0 Å². The first-order valence-corrected chi connectivity index (χ1v) is 10.2. The van der Waals surface area contributed by atoms with Gasteiger partial charge in [0.15, 0.2) is 5.96 Å². The Labute approximate surface area is 193 Å². The van der Waals surface area contributed by atoms with Gasteiger partial charge in [-0.1, -0.05) is 18.2 Å². The number of hydrogen-bond donors (Lipinski definition) is 4. The molecular formula is C21H29IN6O2. The predicted molar refractivity (Wildman–Crippen MR) is 128 cm³/mol. The van der Waals surface area contributed by atoms with Gasteiger partial charge in [0.05, 0.1) is 0 Å². The molecule has 0 bridgehead atoms. The first kappa shape index (κ1) is 22.4. The summed E-state index contributed by atoms with van der Waals surface area (Å²) in [6.07, 6.45) is 4.63. The van der Waals surface area contributed by atoms with Crippen molar-refractivity contribution >= 4 is 52.8 Å². The molecule has 30 heavy (non-hydrogen) atoms. The van der Waals surface area contributed by atoms with Crippen LogP contribution in [0.5, 0.6) is 0 Å². The summed E-state index contributed by atoms with van der Waals surface area (Å²) in [6.45, 7) is 4.22. The van der Waals surface area contributed by atoms with E-state index < -0.39 is 11.6 Å². The standard InChI is InChI=1S/C21H28N6O2.HI/c1-21(18(28)25-20(29)26-21)15-8-11-27(12-9-15)19(22-2)23-10-7-14-13-24-17-6-4-3-5-16(14)17;/h3-6,13,15,24H,7-12H2,1-2H3,(H,22,23)(H2,25,26,28,29);1H. The molecule has 1 aromatic heterocycles. The van der Waals surface area contributed by atoms with Crippen LogP contribution in [-0.4, -0.2) is 60.0 Å². The lowest BCUT2D eigenvalue weighted by atomic mass is 9.79. The van der Waals surface area contributed by atoms with E-state index in [0.29, 0.717) is 0 Å². The zero-order valence-electron chi connectivity index (χ0n) is 17.3. The molecule has 0 spiro atoms. The van der Waals surface area contributed by atoms with E-state index in [-0.39, 0.29) is 35.8 Å². The maximum absolute atomic E-state index is 12.2. The topological polar surface area (TPSA) is 102 Å². The minimum Gasteiger partial charge on any atom is -0.361 e. The van der Waals surface area contributed by atoms with Gasteiger partial charge in [-0.15, -0.1) is 24.0 Å². The van der Waals surface area contributed by atoms with Crippen LogP contribution in [0.1, 0.15) is 25.3 Å². The van der Waals surface area contributed by atoms with Crippen LogP contribution in [0, 0.1) is 5.92 Å². The zero-order chi connectivity index (χ0) is 20.4. The number of benzene rings is 1. The minimum absolute atomic E-state index is 0. The molecule has 0 aliphatic carbocycles. The number of carbonyl (C=O) groups is 2. The quantitative estimate of drug-likeness (QED) is 0.213. The van der Waals surface area contributed by atoms with E-state index in [1.807, 2.05) is 13.0 Å². The molecule has 9 heteroatoms. The van der Waals surface area contributed by atoms with Gasteiger partial charge < -0.3 is 20.5 Å². The molecular weight excluding hydrogens is 495 g/mol. The van der Waals surface area contributed by atoms with Crippen molar-refractivity contribution in [1.29, 1.82) is 0 Å². The molecule has 4 N–H and O–H groups in total. The lowest BCUT2D eigenvalue weighted by molar-refractivity contribution is -0.125. The van der Waals surface area contributed by atoms with Crippen LogP contribution in [0.4, 0.5) is 4.79 Å². The van der Waals surface area contributed by atoms with Gasteiger partial charge in [0, 0.05) is 43.8 Å². The Hall–Kier alpha value is -2.30. The second kappa shape index (κ2) is 9.23. The van der Waals surface area contributed by atoms with Crippen molar-refractivity contribution in [2.24, 2.45) is 10.9 Å². The Morgan fingerprint density at radius 1 is 1.27 bits per heavy atom. The Kier molecular flexibility index (Phi) is 6.89. The number of guanidine groups is 1. The van der Waals surface area contributed by atoms with Gasteiger partial charge in [-0.25, -0.2) is 4.79 Å². The van der Waals surface area contributed by atoms with E-state index in [4.69, 9.17) is 0 Å². The second-order valence-electron chi connectivity index (χ2n) is 7.96. The molecule has 162 valence electrons. The Balaban J connectivity index is 0.00000256. The van der Waals surface area contributed by atoms with Crippen molar-refractivity contribution in [3.8, 4) is 0 Å². The number of aromatic nitrogens is 1. The molecule has 3 heterocycles. The summed E-state index contributed by atoms with van der Waals surface area (Å²) in [6, 6.07) is 7.92. The number of fused-ring (bicyclic) bond motifs is 1. The van der Waals surface area contributed by atoms with Crippen molar-refractivity contribution in [2.75, 3.05) is 26.7 Å². The van der Waals surface area contributed by atoms with Crippen LogP contribution in [0.2, 0.25) is 0 Å². The smallest absolute Gasteiger partial charge is 0.322 e. The highest BCUT2D eigenvalue weighted by atomic mass is 127. The number of aliphatic imine (C=N–C) groups is 1. The predicted octanol–water partition coefficient (Wildman–Crippen LogP) is 2.21. The summed E-state index contributed by atoms with van der Waals surface area (Å²) in [5.74, 6) is 0.782. The number of aromatic amines is 1. The number of hydrogen-bond acceptors (Lipinski definition) is 3. The third kappa shape index (κ3) is 4.26. The molecule has 2 saturated heterocycles. The molecule has 1 atom stereocenters. The van der Waals surface area contributed by atoms with Crippen molar-refractivity contribution < 1.29 is 9.59 Å². The van der Waals surface area contributed by atoms with Gasteiger partial charge in [0.2, 0.25) is 0 Å². The number of para-hydroxylation sites is 1. The van der Waals surface area contributed by atoms with Crippen LogP contribution < -0.4 is 16.0 Å². The molecule has 1 aromatic carbocycles. The fourth-order valence-electron chi connectivity index (χ4n) is 4.49. The second-order valence-corrected chi connectivity index (χ2v) is 7.96. The number of halogens is 1. The highest BCUT2D eigenvalue weighted by Gasteiger charge is 2.48. The first-order valence-electron chi connectivity index (χ1n) is 10.2. The molecule has 4 rings (SSSR count). The van der Waals surface area contributed by atoms with Crippen molar-refractivity contribution in [2.45, 2.75) is 31.7 Å². The number of carbonyl (C=O) groups excluding carboxylic acids is 2. The molecule has 0 saturated carbocycles. The number of likely N-dealkylation sites (tertiary alicyclic amines) is 1. The molecule has 2 aliphatic heterocycles. The summed E-state index contributed by atoms with van der Waals surface area (Å²) in [7, 11) is 1.80. The number of nitrogens with zero attached hydrogens (tertiary/aromatic N) is 2. The van der Waals surface area contributed by atoms with Crippen molar-refractivity contribution in [1.82, 2.24) is 25.8 Å². The van der Waals surface area contributed by atoms with E-state index in [1.54, 1.807) is 7.05 Å². The molecule has 0 radical (unpaired) electrons. The summed E-state index contributed by atoms with van der Waals surface area (Å²) in [4.78, 5) is 33.7. The molecule has 2 aromatic rings. The number of imide groups is 1. The number of amides is 3. The van der Waals surface area contributed by atoms with Crippen LogP contribution in [-0.2, 0) is 11.2 Å². The third-order valence-electron chi connectivity index (χ3n) is 6.25. The van der Waals surface area contributed by atoms with E-state index in [9.17, 15) is 9.59 Å². The number of H-pyrrole nitrogens is 1. The normalized spacial score (nSPS) is 22.6. The molecule has 3 amide bonds. The molecule has 1 unspecified atom stereocenters. The van der Waals surface area contributed by atoms with Gasteiger partial charge in [0.25, 0.3) is 5.91 Å². The van der Waals surface area contributed by atoms with Crippen LogP contribution in [0.15, 0.2) is 35.5 Å². The maximum Gasteiger partial charge on any atom is 0.322 e. The summed E-state index contributed by atoms with van der Waals surface area (Å²) < 4.78 is 0. The maximum atomic E-state index is 12.2. The first-order chi connectivity index (χ1) is 14.0. The van der Waals surface area contributed by atoms with Gasteiger partial charge in [0.1, 0.15) is 5.54 Å². The summed E-state index contributed by atoms with van der Waals surface area (Å²) in [5, 5.41) is 9.89. The lowest BCUT2D eigenvalue weighted by Crippen LogP contribution is -2.55. The largest absolute Gasteiger partial charge is 0.361 e. The van der Waals surface area contributed by atoms with Crippen molar-refractivity contribution in [3.63, 3.8) is 0 Å². The van der Waals surface area contributed by atoms with Gasteiger partial charge in [-0.05, 0) is 43.7 Å². The Bertz CT molecular complexity index is 950. The fourth-order valence-corrected chi connectivity index (χ4v) is 4.49. The monoisotopic (exact) mass is 524 g/mol. The van der Waals surface area contributed by atoms with Gasteiger partial charge >= 0.3 is 6.03 Å². The van der Waals surface area contributed by atoms with Crippen LogP contribution in [0.25, 0.3) is 10.9 Å². The third-order valence-corrected chi connectivity index (χ3v) is 6.25. The zero-order valence-corrected chi connectivity index (χ0v) is 19.7. The lowest BCUT2D eigenvalue weighted by Gasteiger charge is -2.39. The Morgan fingerprint density at radius 3 is 2.67 bits per heavy atom.